The maximum absolute atomic E-state index is 13.7. The lowest BCUT2D eigenvalue weighted by atomic mass is 9.98. The van der Waals surface area contributed by atoms with Gasteiger partial charge < -0.3 is 0 Å². The van der Waals surface area contributed by atoms with E-state index < -0.39 is 16.0 Å². The van der Waals surface area contributed by atoms with Gasteiger partial charge in [-0.2, -0.15) is 0 Å². The summed E-state index contributed by atoms with van der Waals surface area (Å²) in [4.78, 5) is 0.651. The van der Waals surface area contributed by atoms with Crippen LogP contribution < -0.4 is 0 Å². The van der Waals surface area contributed by atoms with Gasteiger partial charge in [-0.15, -0.1) is 13.2 Å². The number of hydrogen-bond acceptors (Lipinski definition) is 0. The van der Waals surface area contributed by atoms with Crippen molar-refractivity contribution in [3.63, 3.8) is 0 Å². The van der Waals surface area contributed by atoms with Crippen molar-refractivity contribution in [2.45, 2.75) is 63.3 Å². The summed E-state index contributed by atoms with van der Waals surface area (Å²) in [6, 6.07) is 7.38. The number of rotatable bonds is 2. The van der Waals surface area contributed by atoms with Gasteiger partial charge in [-0.1, -0.05) is 38.7 Å². The number of hydrogen-bond donors (Lipinski definition) is 0. The Hall–Kier alpha value is -1.03. The zero-order valence-corrected chi connectivity index (χ0v) is 13.7. The second-order valence-electron chi connectivity index (χ2n) is 6.21. The summed E-state index contributed by atoms with van der Waals surface area (Å²) in [6.07, 6.45) is 7.15. The first-order valence-electron chi connectivity index (χ1n) is 8.16. The van der Waals surface area contributed by atoms with E-state index in [2.05, 4.69) is 0 Å². The minimum absolute atomic E-state index is 0.116. The first-order chi connectivity index (χ1) is 10.5. The zero-order valence-electron chi connectivity index (χ0n) is 12.9. The van der Waals surface area contributed by atoms with Crippen molar-refractivity contribution in [2.24, 2.45) is 0 Å². The molecule has 1 aliphatic carbocycles. The maximum atomic E-state index is 13.7. The fourth-order valence-electron chi connectivity index (χ4n) is 3.56. The van der Waals surface area contributed by atoms with Crippen molar-refractivity contribution in [1.29, 1.82) is 0 Å². The van der Waals surface area contributed by atoms with Crippen LogP contribution in [-0.2, 0) is 11.9 Å². The molecule has 1 saturated carbocycles. The van der Waals surface area contributed by atoms with Crippen molar-refractivity contribution in [3.05, 3.63) is 34.7 Å². The smallest absolute Gasteiger partial charge is 0.118 e. The van der Waals surface area contributed by atoms with Crippen LogP contribution in [-0.4, -0.2) is 0 Å². The second kappa shape index (κ2) is 6.23. The number of fused-ring (bicyclic) bond motifs is 1. The number of aryl methyl sites for hydroxylation is 1. The first-order valence-corrected chi connectivity index (χ1v) is 9.39. The molecule has 1 heterocycles. The lowest BCUT2D eigenvalue weighted by Crippen LogP contribution is -2.02. The van der Waals surface area contributed by atoms with Crippen LogP contribution in [0.2, 0.25) is 0 Å². The molecule has 1 unspecified atom stereocenters. The van der Waals surface area contributed by atoms with Crippen molar-refractivity contribution in [1.82, 2.24) is 0 Å². The van der Waals surface area contributed by atoms with E-state index in [-0.39, 0.29) is 5.92 Å². The molecule has 0 N–H and O–H groups in total. The Kier molecular flexibility index (Phi) is 4.49. The Bertz CT molecular complexity index is 646. The molecular weight excluding hydrogens is 305 g/mol. The third kappa shape index (κ3) is 3.03. The van der Waals surface area contributed by atoms with Crippen LogP contribution in [0.4, 0.5) is 13.2 Å². The van der Waals surface area contributed by atoms with Crippen LogP contribution in [0, 0.1) is 0 Å². The van der Waals surface area contributed by atoms with Crippen LogP contribution in [0.15, 0.2) is 24.3 Å². The molecule has 1 aromatic heterocycles. The number of halogens is 3. The van der Waals surface area contributed by atoms with E-state index in [0.717, 1.165) is 55.9 Å². The molecule has 0 aliphatic heterocycles. The van der Waals surface area contributed by atoms with Crippen LogP contribution in [0.25, 0.3) is 10.1 Å². The van der Waals surface area contributed by atoms with Crippen LogP contribution in [0.1, 0.15) is 61.8 Å². The summed E-state index contributed by atoms with van der Waals surface area (Å²) < 4.78 is 41.6. The van der Waals surface area contributed by atoms with Gasteiger partial charge in [0.2, 0.25) is 0 Å². The Labute approximate surface area is 132 Å². The van der Waals surface area contributed by atoms with Gasteiger partial charge >= 0.3 is 5.51 Å². The summed E-state index contributed by atoms with van der Waals surface area (Å²) in [6.45, 7) is 2.04. The standard InChI is InChI=1S/C18H22F3S/c1-2-13-9-10-16-15(11-13)12-17(22(16)18(19,20)21)14-7-5-3-4-6-8-14/h9-12,14H,2-8H2,1H3/q+1. The summed E-state index contributed by atoms with van der Waals surface area (Å²) >= 11 is 0. The van der Waals surface area contributed by atoms with Gasteiger partial charge in [0.1, 0.15) is 0 Å². The molecule has 0 spiro atoms. The molecule has 0 radical (unpaired) electrons. The third-order valence-electron chi connectivity index (χ3n) is 4.72. The summed E-state index contributed by atoms with van der Waals surface area (Å²) in [5.74, 6) is 0.116. The van der Waals surface area contributed by atoms with Crippen molar-refractivity contribution < 1.29 is 13.2 Å². The first kappa shape index (κ1) is 15.9. The molecule has 1 fully saturated rings. The largest absolute Gasteiger partial charge is 0.600 e. The highest BCUT2D eigenvalue weighted by atomic mass is 32.2. The fourth-order valence-corrected chi connectivity index (χ4v) is 5.70. The van der Waals surface area contributed by atoms with Gasteiger partial charge in [0.25, 0.3) is 0 Å². The molecular formula is C18H22F3S+. The number of alkyl halides is 3. The van der Waals surface area contributed by atoms with Crippen LogP contribution >= 0.6 is 10.5 Å². The van der Waals surface area contributed by atoms with Gasteiger partial charge in [0.05, 0.1) is 10.5 Å². The molecule has 4 heteroatoms. The Morgan fingerprint density at radius 1 is 1.05 bits per heavy atom. The minimum Gasteiger partial charge on any atom is -0.118 e. The lowest BCUT2D eigenvalue weighted by molar-refractivity contribution is -0.0868. The summed E-state index contributed by atoms with van der Waals surface area (Å²) in [7, 11) is -1.71. The normalized spacial score (nSPS) is 18.6. The van der Waals surface area contributed by atoms with Gasteiger partial charge in [-0.3, -0.25) is 0 Å². The zero-order chi connectivity index (χ0) is 15.7. The SMILES string of the molecule is CCc1ccc2c(c1)cc(C1CCCCCC1)[s+]2C(F)(F)F. The van der Waals surface area contributed by atoms with E-state index in [1.54, 1.807) is 6.07 Å². The highest BCUT2D eigenvalue weighted by Crippen LogP contribution is 2.54. The van der Waals surface area contributed by atoms with Crippen molar-refractivity contribution in [2.75, 3.05) is 0 Å². The van der Waals surface area contributed by atoms with E-state index in [0.29, 0.717) is 9.58 Å². The average Bonchev–Trinajstić information content (AvgIpc) is 2.66. The molecule has 22 heavy (non-hydrogen) atoms. The van der Waals surface area contributed by atoms with Gasteiger partial charge in [-0.25, -0.2) is 0 Å². The molecule has 1 atom stereocenters. The van der Waals surface area contributed by atoms with Crippen molar-refractivity contribution >= 4 is 20.6 Å². The summed E-state index contributed by atoms with van der Waals surface area (Å²) in [5.41, 5.74) is -3.04. The Balaban J connectivity index is 2.14. The highest BCUT2D eigenvalue weighted by molar-refractivity contribution is 7.38. The molecule has 1 aromatic carbocycles. The topological polar surface area (TPSA) is 0 Å². The van der Waals surface area contributed by atoms with Gasteiger partial charge in [0.15, 0.2) is 9.58 Å². The number of benzene rings is 1. The molecule has 0 nitrogen and oxygen atoms in total. The maximum Gasteiger partial charge on any atom is 0.600 e. The minimum atomic E-state index is -4.16. The van der Waals surface area contributed by atoms with E-state index in [9.17, 15) is 13.2 Å². The van der Waals surface area contributed by atoms with Crippen molar-refractivity contribution in [3.8, 4) is 0 Å². The van der Waals surface area contributed by atoms with Crippen LogP contribution in [0.5, 0.6) is 0 Å². The predicted molar refractivity (Wildman–Crippen MR) is 87.5 cm³/mol. The van der Waals surface area contributed by atoms with Gasteiger partial charge in [-0.05, 0) is 37.0 Å². The van der Waals surface area contributed by atoms with E-state index in [1.807, 2.05) is 25.1 Å². The Morgan fingerprint density at radius 2 is 1.73 bits per heavy atom. The highest BCUT2D eigenvalue weighted by Gasteiger charge is 2.49. The molecule has 2 aromatic rings. The molecule has 3 rings (SSSR count). The number of thiophene rings is 1. The van der Waals surface area contributed by atoms with E-state index in [4.69, 9.17) is 0 Å². The van der Waals surface area contributed by atoms with Crippen LogP contribution in [0.3, 0.4) is 0 Å². The molecule has 0 amide bonds. The summed E-state index contributed by atoms with van der Waals surface area (Å²) in [5, 5.41) is 0.805. The Morgan fingerprint density at radius 3 is 2.32 bits per heavy atom. The quantitative estimate of drug-likeness (QED) is 0.409. The predicted octanol–water partition coefficient (Wildman–Crippen LogP) is 7.07. The molecule has 0 bridgehead atoms. The monoisotopic (exact) mass is 327 g/mol. The lowest BCUT2D eigenvalue weighted by Gasteiger charge is -2.10. The fraction of sp³-hybridized carbons (Fsp3) is 0.556. The van der Waals surface area contributed by atoms with E-state index in [1.165, 1.54) is 0 Å². The van der Waals surface area contributed by atoms with E-state index >= 15 is 0 Å². The average molecular weight is 327 g/mol. The molecule has 1 aliphatic rings. The molecule has 0 saturated heterocycles. The van der Waals surface area contributed by atoms with Gasteiger partial charge in [0, 0.05) is 17.4 Å². The third-order valence-corrected chi connectivity index (χ3v) is 6.92. The molecule has 120 valence electrons. The second-order valence-corrected chi connectivity index (χ2v) is 8.20.